The van der Waals surface area contributed by atoms with E-state index < -0.39 is 0 Å². The lowest BCUT2D eigenvalue weighted by Gasteiger charge is -2.10. The Balaban J connectivity index is 1.70. The molecule has 0 saturated heterocycles. The first-order chi connectivity index (χ1) is 12.6. The van der Waals surface area contributed by atoms with Gasteiger partial charge in [-0.3, -0.25) is 4.79 Å². The van der Waals surface area contributed by atoms with Crippen LogP contribution in [0.25, 0.3) is 0 Å². The summed E-state index contributed by atoms with van der Waals surface area (Å²) in [7, 11) is 1.58. The van der Waals surface area contributed by atoms with Gasteiger partial charge in [0.25, 0.3) is 5.91 Å². The molecule has 0 aliphatic carbocycles. The molecule has 140 valence electrons. The normalized spacial score (nSPS) is 10.1. The Bertz CT molecular complexity index is 724. The number of amides is 1. The summed E-state index contributed by atoms with van der Waals surface area (Å²) in [5.41, 5.74) is 0.870. The summed E-state index contributed by atoms with van der Waals surface area (Å²) in [6.07, 6.45) is 0. The van der Waals surface area contributed by atoms with Crippen LogP contribution in [0.4, 0.5) is 11.8 Å². The lowest BCUT2D eigenvalue weighted by molar-refractivity contribution is -0.123. The van der Waals surface area contributed by atoms with Crippen molar-refractivity contribution < 1.29 is 14.3 Å². The molecule has 26 heavy (non-hydrogen) atoms. The van der Waals surface area contributed by atoms with Crippen LogP contribution in [-0.4, -0.2) is 49.2 Å². The summed E-state index contributed by atoms with van der Waals surface area (Å²) in [6, 6.07) is 9.00. The van der Waals surface area contributed by atoms with Crippen molar-refractivity contribution >= 4 is 17.7 Å². The largest absolute Gasteiger partial charge is 0.497 e. The van der Waals surface area contributed by atoms with Crippen molar-refractivity contribution in [2.45, 2.75) is 13.8 Å². The maximum atomic E-state index is 11.8. The highest BCUT2D eigenvalue weighted by Gasteiger charge is 2.04. The third-order valence-electron chi connectivity index (χ3n) is 3.35. The van der Waals surface area contributed by atoms with Gasteiger partial charge in [0, 0.05) is 37.5 Å². The fourth-order valence-electron chi connectivity index (χ4n) is 2.19. The number of methoxy groups -OCH3 is 1. The lowest BCUT2D eigenvalue weighted by Crippen LogP contribution is -2.32. The highest BCUT2D eigenvalue weighted by atomic mass is 16.5. The van der Waals surface area contributed by atoms with E-state index in [2.05, 4.69) is 25.9 Å². The molecule has 1 aromatic heterocycles. The zero-order valence-corrected chi connectivity index (χ0v) is 15.3. The molecule has 0 unspecified atom stereocenters. The number of hydrogen-bond acceptors (Lipinski definition) is 7. The molecule has 0 fully saturated rings. The number of anilines is 2. The van der Waals surface area contributed by atoms with Crippen LogP contribution in [-0.2, 0) is 4.79 Å². The van der Waals surface area contributed by atoms with Crippen molar-refractivity contribution in [1.29, 1.82) is 0 Å². The summed E-state index contributed by atoms with van der Waals surface area (Å²) in [5.74, 6) is 2.37. The predicted molar refractivity (Wildman–Crippen MR) is 101 cm³/mol. The molecule has 0 aliphatic rings. The first kappa shape index (κ1) is 19.3. The van der Waals surface area contributed by atoms with Gasteiger partial charge in [0.05, 0.1) is 7.11 Å². The molecule has 1 aromatic carbocycles. The van der Waals surface area contributed by atoms with Crippen molar-refractivity contribution in [2.75, 3.05) is 44.0 Å². The molecular weight excluding hydrogens is 334 g/mol. The zero-order chi connectivity index (χ0) is 18.8. The van der Waals surface area contributed by atoms with Crippen LogP contribution in [0.2, 0.25) is 0 Å². The average Bonchev–Trinajstić information content (AvgIpc) is 2.63. The Morgan fingerprint density at radius 1 is 1.12 bits per heavy atom. The molecule has 0 spiro atoms. The first-order valence-corrected chi connectivity index (χ1v) is 8.47. The van der Waals surface area contributed by atoms with Crippen LogP contribution in [0.5, 0.6) is 11.5 Å². The molecule has 2 aromatic rings. The minimum atomic E-state index is -0.201. The molecule has 0 saturated carbocycles. The van der Waals surface area contributed by atoms with E-state index in [1.807, 2.05) is 26.0 Å². The maximum absolute atomic E-state index is 11.8. The smallest absolute Gasteiger partial charge is 0.258 e. The monoisotopic (exact) mass is 359 g/mol. The number of aryl methyl sites for hydroxylation is 1. The molecule has 8 heteroatoms. The van der Waals surface area contributed by atoms with E-state index in [9.17, 15) is 4.79 Å². The number of carbonyl (C=O) groups is 1. The number of hydrogen-bond donors (Lipinski definition) is 3. The molecule has 1 heterocycles. The van der Waals surface area contributed by atoms with Gasteiger partial charge in [-0.05, 0) is 26.0 Å². The fraction of sp³-hybridized carbons (Fsp3) is 0.389. The van der Waals surface area contributed by atoms with Gasteiger partial charge in [-0.25, -0.2) is 4.98 Å². The number of aromatic nitrogens is 2. The quantitative estimate of drug-likeness (QED) is 0.557. The molecule has 1 amide bonds. The molecule has 0 bridgehead atoms. The van der Waals surface area contributed by atoms with Crippen LogP contribution in [0.1, 0.15) is 12.6 Å². The van der Waals surface area contributed by atoms with Gasteiger partial charge < -0.3 is 25.4 Å². The second-order valence-electron chi connectivity index (χ2n) is 5.49. The van der Waals surface area contributed by atoms with E-state index in [1.54, 1.807) is 25.3 Å². The van der Waals surface area contributed by atoms with E-state index in [0.717, 1.165) is 18.1 Å². The molecular formula is C18H25N5O3. The Labute approximate surface area is 153 Å². The van der Waals surface area contributed by atoms with E-state index in [-0.39, 0.29) is 12.5 Å². The Hall–Kier alpha value is -3.03. The fourth-order valence-corrected chi connectivity index (χ4v) is 2.19. The average molecular weight is 359 g/mol. The van der Waals surface area contributed by atoms with Crippen LogP contribution in [0.3, 0.4) is 0 Å². The first-order valence-electron chi connectivity index (χ1n) is 8.47. The molecule has 8 nitrogen and oxygen atoms in total. The SMILES string of the molecule is CCNc1cc(C)nc(NCCNC(=O)COc2cccc(OC)c2)n1. The van der Waals surface area contributed by atoms with E-state index in [1.165, 1.54) is 0 Å². The topological polar surface area (TPSA) is 97.4 Å². The highest BCUT2D eigenvalue weighted by molar-refractivity contribution is 5.77. The Morgan fingerprint density at radius 2 is 1.92 bits per heavy atom. The minimum absolute atomic E-state index is 0.0569. The third-order valence-corrected chi connectivity index (χ3v) is 3.35. The highest BCUT2D eigenvalue weighted by Crippen LogP contribution is 2.18. The lowest BCUT2D eigenvalue weighted by atomic mass is 10.3. The number of nitrogens with zero attached hydrogens (tertiary/aromatic N) is 2. The standard InChI is InChI=1S/C18H25N5O3/c1-4-19-16-10-13(2)22-18(23-16)21-9-8-20-17(24)12-26-15-7-5-6-14(11-15)25-3/h5-7,10-11H,4,8-9,12H2,1-3H3,(H,20,24)(H2,19,21,22,23). The van der Waals surface area contributed by atoms with Gasteiger partial charge in [-0.1, -0.05) is 6.07 Å². The van der Waals surface area contributed by atoms with E-state index in [0.29, 0.717) is 30.5 Å². The van der Waals surface area contributed by atoms with Crippen LogP contribution < -0.4 is 25.4 Å². The second-order valence-corrected chi connectivity index (χ2v) is 5.49. The molecule has 0 atom stereocenters. The van der Waals surface area contributed by atoms with Crippen molar-refractivity contribution in [3.63, 3.8) is 0 Å². The maximum Gasteiger partial charge on any atom is 0.258 e. The number of carbonyl (C=O) groups excluding carboxylic acids is 1. The Kier molecular flexibility index (Phi) is 7.48. The summed E-state index contributed by atoms with van der Waals surface area (Å²) in [4.78, 5) is 20.5. The number of benzene rings is 1. The van der Waals surface area contributed by atoms with Gasteiger partial charge >= 0.3 is 0 Å². The van der Waals surface area contributed by atoms with Gasteiger partial charge in [0.2, 0.25) is 5.95 Å². The Morgan fingerprint density at radius 3 is 2.69 bits per heavy atom. The molecule has 0 aliphatic heterocycles. The predicted octanol–water partition coefficient (Wildman–Crippen LogP) is 1.83. The van der Waals surface area contributed by atoms with Gasteiger partial charge in [-0.2, -0.15) is 4.98 Å². The third kappa shape index (κ3) is 6.46. The van der Waals surface area contributed by atoms with Crippen molar-refractivity contribution in [3.8, 4) is 11.5 Å². The van der Waals surface area contributed by atoms with Crippen LogP contribution >= 0.6 is 0 Å². The van der Waals surface area contributed by atoms with Gasteiger partial charge in [0.15, 0.2) is 6.61 Å². The molecule has 3 N–H and O–H groups in total. The molecule has 2 rings (SSSR count). The summed E-state index contributed by atoms with van der Waals surface area (Å²) in [6.45, 7) is 5.60. The van der Waals surface area contributed by atoms with Gasteiger partial charge in [-0.15, -0.1) is 0 Å². The van der Waals surface area contributed by atoms with E-state index in [4.69, 9.17) is 9.47 Å². The summed E-state index contributed by atoms with van der Waals surface area (Å²) < 4.78 is 10.5. The zero-order valence-electron chi connectivity index (χ0n) is 15.3. The number of rotatable bonds is 10. The van der Waals surface area contributed by atoms with Crippen LogP contribution in [0, 0.1) is 6.92 Å². The van der Waals surface area contributed by atoms with Crippen LogP contribution in [0.15, 0.2) is 30.3 Å². The van der Waals surface area contributed by atoms with Gasteiger partial charge in [0.1, 0.15) is 17.3 Å². The van der Waals surface area contributed by atoms with Crippen molar-refractivity contribution in [3.05, 3.63) is 36.0 Å². The summed E-state index contributed by atoms with van der Waals surface area (Å²) in [5, 5.41) is 9.02. The number of nitrogens with one attached hydrogen (secondary N) is 3. The van der Waals surface area contributed by atoms with E-state index >= 15 is 0 Å². The number of ether oxygens (including phenoxy) is 2. The minimum Gasteiger partial charge on any atom is -0.497 e. The second kappa shape index (κ2) is 10.1. The van der Waals surface area contributed by atoms with Crippen molar-refractivity contribution in [2.24, 2.45) is 0 Å². The van der Waals surface area contributed by atoms with Crippen molar-refractivity contribution in [1.82, 2.24) is 15.3 Å². The summed E-state index contributed by atoms with van der Waals surface area (Å²) >= 11 is 0. The molecule has 0 radical (unpaired) electrons.